The third kappa shape index (κ3) is 3.28. The fraction of sp³-hybridized carbons (Fsp3) is 0.600. The molecule has 0 aliphatic rings. The van der Waals surface area contributed by atoms with E-state index in [0.29, 0.717) is 30.8 Å². The van der Waals surface area contributed by atoms with Gasteiger partial charge in [-0.15, -0.1) is 0 Å². The van der Waals surface area contributed by atoms with Gasteiger partial charge in [-0.3, -0.25) is 9.59 Å². The third-order valence-electron chi connectivity index (χ3n) is 3.40. The van der Waals surface area contributed by atoms with Crippen molar-refractivity contribution in [1.29, 1.82) is 0 Å². The van der Waals surface area contributed by atoms with Gasteiger partial charge in [-0.05, 0) is 32.8 Å². The maximum Gasteiger partial charge on any atom is 0.270 e. The van der Waals surface area contributed by atoms with Gasteiger partial charge in [0.1, 0.15) is 5.69 Å². The van der Waals surface area contributed by atoms with E-state index in [2.05, 4.69) is 4.98 Å². The lowest BCUT2D eigenvalue weighted by molar-refractivity contribution is 0.0725. The number of hydrogen-bond acceptors (Lipinski definition) is 3. The van der Waals surface area contributed by atoms with Crippen molar-refractivity contribution in [2.75, 3.05) is 19.7 Å². The Kier molecular flexibility index (Phi) is 5.95. The van der Waals surface area contributed by atoms with E-state index >= 15 is 0 Å². The van der Waals surface area contributed by atoms with E-state index in [0.717, 1.165) is 17.7 Å². The molecule has 0 saturated carbocycles. The predicted molar refractivity (Wildman–Crippen MR) is 78.2 cm³/mol. The lowest BCUT2D eigenvalue weighted by Crippen LogP contribution is -2.34. The molecule has 0 aliphatic heterocycles. The Morgan fingerprint density at radius 1 is 1.30 bits per heavy atom. The minimum Gasteiger partial charge on any atom is -0.395 e. The van der Waals surface area contributed by atoms with Crippen LogP contribution in [0, 0.1) is 6.92 Å². The fourth-order valence-electron chi connectivity index (χ4n) is 2.52. The van der Waals surface area contributed by atoms with Gasteiger partial charge in [0.2, 0.25) is 0 Å². The summed E-state index contributed by atoms with van der Waals surface area (Å²) in [6.07, 6.45) is 1.56. The highest BCUT2D eigenvalue weighted by molar-refractivity contribution is 6.02. The number of carbonyl (C=O) groups is 2. The molecule has 0 bridgehead atoms. The van der Waals surface area contributed by atoms with Crippen molar-refractivity contribution in [3.8, 4) is 0 Å². The second-order valence-corrected chi connectivity index (χ2v) is 4.89. The summed E-state index contributed by atoms with van der Waals surface area (Å²) in [4.78, 5) is 28.9. The molecular formula is C15H24N2O3. The van der Waals surface area contributed by atoms with E-state index < -0.39 is 0 Å². The van der Waals surface area contributed by atoms with Crippen LogP contribution < -0.4 is 0 Å². The molecule has 1 rings (SSSR count). The number of aryl methyl sites for hydroxylation is 1. The summed E-state index contributed by atoms with van der Waals surface area (Å²) in [5.41, 5.74) is 2.67. The van der Waals surface area contributed by atoms with Crippen LogP contribution in [-0.4, -0.2) is 46.4 Å². The van der Waals surface area contributed by atoms with E-state index in [1.54, 1.807) is 4.90 Å². The Morgan fingerprint density at radius 2 is 1.95 bits per heavy atom. The molecule has 1 aromatic rings. The standard InChI is InChI=1S/C15H24N2O3/c1-5-7-12-13(11(4)19)10(3)16-14(12)15(20)17(6-2)8-9-18/h16,18H,5-9H2,1-4H3. The minimum atomic E-state index is -0.152. The largest absolute Gasteiger partial charge is 0.395 e. The first-order chi connectivity index (χ1) is 9.47. The van der Waals surface area contributed by atoms with E-state index in [1.165, 1.54) is 6.92 Å². The Hall–Kier alpha value is -1.62. The van der Waals surface area contributed by atoms with Crippen LogP contribution in [0.2, 0.25) is 0 Å². The van der Waals surface area contributed by atoms with Crippen LogP contribution in [0.5, 0.6) is 0 Å². The van der Waals surface area contributed by atoms with Crippen molar-refractivity contribution in [1.82, 2.24) is 9.88 Å². The average Bonchev–Trinajstić information content (AvgIpc) is 2.72. The molecule has 0 fully saturated rings. The number of hydrogen-bond donors (Lipinski definition) is 2. The van der Waals surface area contributed by atoms with Crippen LogP contribution in [0.1, 0.15) is 59.3 Å². The number of rotatable bonds is 7. The molecule has 1 aromatic heterocycles. The highest BCUT2D eigenvalue weighted by atomic mass is 16.3. The molecule has 5 heteroatoms. The zero-order valence-corrected chi connectivity index (χ0v) is 12.7. The summed E-state index contributed by atoms with van der Waals surface area (Å²) < 4.78 is 0. The number of amides is 1. The molecule has 5 nitrogen and oxygen atoms in total. The number of likely N-dealkylation sites (N-methyl/N-ethyl adjacent to an activating group) is 1. The lowest BCUT2D eigenvalue weighted by Gasteiger charge is -2.19. The Balaban J connectivity index is 3.26. The number of Topliss-reactive ketones (excluding diaryl/α,β-unsaturated/α-hetero) is 1. The number of nitrogens with one attached hydrogen (secondary N) is 1. The number of aromatic amines is 1. The van der Waals surface area contributed by atoms with Crippen molar-refractivity contribution in [2.24, 2.45) is 0 Å². The molecule has 1 heterocycles. The maximum absolute atomic E-state index is 12.5. The number of ketones is 1. The van der Waals surface area contributed by atoms with Crippen LogP contribution in [-0.2, 0) is 6.42 Å². The second kappa shape index (κ2) is 7.24. The Bertz CT molecular complexity index is 492. The molecule has 0 atom stereocenters. The molecule has 0 aliphatic carbocycles. The van der Waals surface area contributed by atoms with Gasteiger partial charge >= 0.3 is 0 Å². The molecule has 0 spiro atoms. The van der Waals surface area contributed by atoms with Gasteiger partial charge in [0.15, 0.2) is 5.78 Å². The number of H-pyrrole nitrogens is 1. The first kappa shape index (κ1) is 16.4. The second-order valence-electron chi connectivity index (χ2n) is 4.89. The SMILES string of the molecule is CCCc1c(C(=O)N(CC)CCO)[nH]c(C)c1C(C)=O. The fourth-order valence-corrected chi connectivity index (χ4v) is 2.52. The van der Waals surface area contributed by atoms with Crippen LogP contribution in [0.25, 0.3) is 0 Å². The quantitative estimate of drug-likeness (QED) is 0.750. The summed E-state index contributed by atoms with van der Waals surface area (Å²) in [5.74, 6) is -0.174. The van der Waals surface area contributed by atoms with Crippen LogP contribution >= 0.6 is 0 Å². The topological polar surface area (TPSA) is 73.4 Å². The van der Waals surface area contributed by atoms with Gasteiger partial charge in [0.05, 0.1) is 6.61 Å². The van der Waals surface area contributed by atoms with Crippen LogP contribution in [0.3, 0.4) is 0 Å². The van der Waals surface area contributed by atoms with Crippen molar-refractivity contribution in [2.45, 2.75) is 40.5 Å². The summed E-state index contributed by atoms with van der Waals surface area (Å²) >= 11 is 0. The number of nitrogens with zero attached hydrogens (tertiary/aromatic N) is 1. The number of aromatic nitrogens is 1. The average molecular weight is 280 g/mol. The van der Waals surface area contributed by atoms with E-state index in [-0.39, 0.29) is 18.3 Å². The third-order valence-corrected chi connectivity index (χ3v) is 3.40. The highest BCUT2D eigenvalue weighted by Gasteiger charge is 2.24. The molecule has 0 saturated heterocycles. The van der Waals surface area contributed by atoms with E-state index in [1.807, 2.05) is 20.8 Å². The van der Waals surface area contributed by atoms with Gasteiger partial charge in [-0.1, -0.05) is 13.3 Å². The number of aliphatic hydroxyl groups is 1. The maximum atomic E-state index is 12.5. The Labute approximate surface area is 120 Å². The summed E-state index contributed by atoms with van der Waals surface area (Å²) in [6.45, 7) is 7.99. The molecular weight excluding hydrogens is 256 g/mol. The molecule has 112 valence electrons. The summed E-state index contributed by atoms with van der Waals surface area (Å²) in [5, 5.41) is 9.03. The molecule has 0 aromatic carbocycles. The lowest BCUT2D eigenvalue weighted by atomic mass is 10.0. The van der Waals surface area contributed by atoms with Crippen LogP contribution in [0.4, 0.5) is 0 Å². The van der Waals surface area contributed by atoms with Gasteiger partial charge in [0.25, 0.3) is 5.91 Å². The van der Waals surface area contributed by atoms with Gasteiger partial charge < -0.3 is 15.0 Å². The number of carbonyl (C=O) groups excluding carboxylic acids is 2. The van der Waals surface area contributed by atoms with Gasteiger partial charge in [-0.25, -0.2) is 0 Å². The van der Waals surface area contributed by atoms with Gasteiger partial charge in [0, 0.05) is 24.3 Å². The van der Waals surface area contributed by atoms with Crippen molar-refractivity contribution >= 4 is 11.7 Å². The summed E-state index contributed by atoms with van der Waals surface area (Å²) in [7, 11) is 0. The molecule has 0 radical (unpaired) electrons. The smallest absolute Gasteiger partial charge is 0.270 e. The highest BCUT2D eigenvalue weighted by Crippen LogP contribution is 2.22. The van der Waals surface area contributed by atoms with Crippen molar-refractivity contribution in [3.05, 3.63) is 22.5 Å². The monoisotopic (exact) mass is 280 g/mol. The normalized spacial score (nSPS) is 10.7. The van der Waals surface area contributed by atoms with Gasteiger partial charge in [-0.2, -0.15) is 0 Å². The van der Waals surface area contributed by atoms with E-state index in [4.69, 9.17) is 5.11 Å². The van der Waals surface area contributed by atoms with E-state index in [9.17, 15) is 9.59 Å². The predicted octanol–water partition coefficient (Wildman–Crippen LogP) is 1.93. The summed E-state index contributed by atoms with van der Waals surface area (Å²) in [6, 6.07) is 0. The zero-order valence-electron chi connectivity index (χ0n) is 12.7. The molecule has 0 unspecified atom stereocenters. The molecule has 1 amide bonds. The zero-order chi connectivity index (χ0) is 15.3. The van der Waals surface area contributed by atoms with Crippen LogP contribution in [0.15, 0.2) is 0 Å². The van der Waals surface area contributed by atoms with Crippen molar-refractivity contribution in [3.63, 3.8) is 0 Å². The first-order valence-corrected chi connectivity index (χ1v) is 7.10. The Morgan fingerprint density at radius 3 is 2.40 bits per heavy atom. The molecule has 2 N–H and O–H groups in total. The number of aliphatic hydroxyl groups excluding tert-OH is 1. The molecule has 20 heavy (non-hydrogen) atoms. The minimum absolute atomic E-state index is 0.0218. The van der Waals surface area contributed by atoms with Crippen molar-refractivity contribution < 1.29 is 14.7 Å². The first-order valence-electron chi connectivity index (χ1n) is 7.10.